The molecule has 3 aromatic rings. The summed E-state index contributed by atoms with van der Waals surface area (Å²) in [7, 11) is 0. The van der Waals surface area contributed by atoms with E-state index in [-0.39, 0.29) is 17.9 Å². The number of hydrogen-bond acceptors (Lipinski definition) is 7. The first-order valence-corrected chi connectivity index (χ1v) is 12.6. The Balaban J connectivity index is 1.33. The number of carbonyl (C=O) groups excluding carboxylic acids is 2. The second kappa shape index (κ2) is 12.4. The van der Waals surface area contributed by atoms with Gasteiger partial charge >= 0.3 is 0 Å². The summed E-state index contributed by atoms with van der Waals surface area (Å²) in [4.78, 5) is 31.5. The second-order valence-corrected chi connectivity index (χ2v) is 9.13. The molecule has 4 rings (SSSR count). The van der Waals surface area contributed by atoms with Gasteiger partial charge in [-0.25, -0.2) is 4.98 Å². The summed E-state index contributed by atoms with van der Waals surface area (Å²) in [6, 6.07) is 13.6. The lowest BCUT2D eigenvalue weighted by molar-refractivity contribution is -0.121. The Bertz CT molecular complexity index is 1040. The molecule has 10 heteroatoms. The van der Waals surface area contributed by atoms with Crippen molar-refractivity contribution >= 4 is 23.6 Å². The Hall–Kier alpha value is -3.11. The van der Waals surface area contributed by atoms with Gasteiger partial charge in [-0.1, -0.05) is 42.1 Å². The van der Waals surface area contributed by atoms with Crippen molar-refractivity contribution in [2.24, 2.45) is 0 Å². The molecule has 1 aliphatic rings. The fourth-order valence-corrected chi connectivity index (χ4v) is 4.57. The number of nitrogens with zero attached hydrogens (tertiary/aromatic N) is 3. The normalized spacial score (nSPS) is 18.4. The summed E-state index contributed by atoms with van der Waals surface area (Å²) >= 11 is 1.46. The molecule has 1 saturated heterocycles. The average Bonchev–Trinajstić information content (AvgIpc) is 3.55. The molecule has 2 aromatic heterocycles. The topological polar surface area (TPSA) is 116 Å². The Labute approximate surface area is 203 Å². The second-order valence-electron chi connectivity index (χ2n) is 8.17. The Morgan fingerprint density at radius 1 is 1.09 bits per heavy atom. The number of rotatable bonds is 5. The third-order valence-electron chi connectivity index (χ3n) is 5.67. The lowest BCUT2D eigenvalue weighted by Crippen LogP contribution is -2.35. The molecular weight excluding hydrogens is 452 g/mol. The van der Waals surface area contributed by atoms with E-state index in [0.717, 1.165) is 24.9 Å². The summed E-state index contributed by atoms with van der Waals surface area (Å²) < 4.78 is 5.81. The van der Waals surface area contributed by atoms with E-state index in [1.807, 2.05) is 41.3 Å². The van der Waals surface area contributed by atoms with Gasteiger partial charge in [0.2, 0.25) is 5.91 Å². The van der Waals surface area contributed by atoms with E-state index in [4.69, 9.17) is 4.42 Å². The smallest absolute Gasteiger partial charge is 0.289 e. The minimum Gasteiger partial charge on any atom is -0.455 e. The first-order valence-electron chi connectivity index (χ1n) is 11.6. The molecular formula is C24H30N6O3S. The van der Waals surface area contributed by atoms with E-state index in [9.17, 15) is 9.59 Å². The van der Waals surface area contributed by atoms with Gasteiger partial charge in [-0.3, -0.25) is 14.7 Å². The molecule has 0 saturated carbocycles. The van der Waals surface area contributed by atoms with Gasteiger partial charge in [0.25, 0.3) is 5.91 Å². The molecule has 180 valence electrons. The minimum atomic E-state index is -0.118. The molecule has 0 radical (unpaired) electrons. The Morgan fingerprint density at radius 3 is 2.76 bits per heavy atom. The molecule has 0 spiro atoms. The number of furan rings is 1. The number of H-pyrrole nitrogens is 1. The Morgan fingerprint density at radius 2 is 1.94 bits per heavy atom. The van der Waals surface area contributed by atoms with Crippen LogP contribution in [0.25, 0.3) is 0 Å². The molecule has 0 aliphatic carbocycles. The largest absolute Gasteiger partial charge is 0.455 e. The average molecular weight is 483 g/mol. The molecule has 3 heterocycles. The van der Waals surface area contributed by atoms with Crippen molar-refractivity contribution < 1.29 is 14.0 Å². The maximum absolute atomic E-state index is 13.1. The number of hydrogen-bond donors (Lipinski definition) is 3. The molecule has 2 amide bonds. The van der Waals surface area contributed by atoms with Gasteiger partial charge in [0.1, 0.15) is 12.1 Å². The van der Waals surface area contributed by atoms with Crippen LogP contribution in [0.2, 0.25) is 0 Å². The van der Waals surface area contributed by atoms with E-state index in [1.165, 1.54) is 18.1 Å². The summed E-state index contributed by atoms with van der Waals surface area (Å²) in [6.45, 7) is 2.52. The van der Waals surface area contributed by atoms with Crippen LogP contribution in [0.3, 0.4) is 0 Å². The van der Waals surface area contributed by atoms with Crippen LogP contribution >= 0.6 is 11.8 Å². The highest BCUT2D eigenvalue weighted by molar-refractivity contribution is 7.98. The van der Waals surface area contributed by atoms with E-state index >= 15 is 0 Å². The summed E-state index contributed by atoms with van der Waals surface area (Å²) in [5.41, 5.74) is 1.11. The lowest BCUT2D eigenvalue weighted by atomic mass is 10.0. The highest BCUT2D eigenvalue weighted by Gasteiger charge is 2.21. The maximum atomic E-state index is 13.1. The lowest BCUT2D eigenvalue weighted by Gasteiger charge is -2.21. The van der Waals surface area contributed by atoms with Crippen LogP contribution in [0.1, 0.15) is 53.6 Å². The van der Waals surface area contributed by atoms with E-state index in [2.05, 4.69) is 25.8 Å². The summed E-state index contributed by atoms with van der Waals surface area (Å²) in [5, 5.41) is 13.8. The van der Waals surface area contributed by atoms with Crippen molar-refractivity contribution in [2.45, 2.75) is 42.6 Å². The predicted octanol–water partition coefficient (Wildman–Crippen LogP) is 3.15. The van der Waals surface area contributed by atoms with Crippen LogP contribution in [0.4, 0.5) is 0 Å². The number of amides is 2. The van der Waals surface area contributed by atoms with Gasteiger partial charge in [-0.05, 0) is 43.5 Å². The highest BCUT2D eigenvalue weighted by Crippen LogP contribution is 2.21. The van der Waals surface area contributed by atoms with Crippen molar-refractivity contribution in [2.75, 3.05) is 26.2 Å². The number of carbonyl (C=O) groups is 2. The number of thioether (sulfide) groups is 1. The molecule has 3 N–H and O–H groups in total. The molecule has 1 fully saturated rings. The van der Waals surface area contributed by atoms with Crippen molar-refractivity contribution in [1.82, 2.24) is 30.7 Å². The molecule has 9 nitrogen and oxygen atoms in total. The quantitative estimate of drug-likeness (QED) is 0.478. The van der Waals surface area contributed by atoms with Gasteiger partial charge in [-0.2, -0.15) is 5.10 Å². The monoisotopic (exact) mass is 482 g/mol. The first kappa shape index (κ1) is 24.0. The van der Waals surface area contributed by atoms with Gasteiger partial charge in [0, 0.05) is 32.1 Å². The third-order valence-corrected chi connectivity index (χ3v) is 6.57. The van der Waals surface area contributed by atoms with E-state index in [0.29, 0.717) is 54.9 Å². The van der Waals surface area contributed by atoms with Crippen LogP contribution in [-0.4, -0.2) is 58.1 Å². The first-order chi connectivity index (χ1) is 16.7. The fraction of sp³-hybridized carbons (Fsp3) is 0.417. The Kier molecular flexibility index (Phi) is 8.75. The molecule has 34 heavy (non-hydrogen) atoms. The van der Waals surface area contributed by atoms with Gasteiger partial charge in [0.15, 0.2) is 10.9 Å². The van der Waals surface area contributed by atoms with Crippen LogP contribution in [0.15, 0.2) is 58.4 Å². The van der Waals surface area contributed by atoms with Crippen LogP contribution in [0, 0.1) is 0 Å². The number of nitrogens with one attached hydrogen (secondary N) is 3. The van der Waals surface area contributed by atoms with Crippen molar-refractivity contribution in [3.63, 3.8) is 0 Å². The van der Waals surface area contributed by atoms with Crippen molar-refractivity contribution in [3.8, 4) is 0 Å². The van der Waals surface area contributed by atoms with Crippen LogP contribution in [0.5, 0.6) is 0 Å². The number of aromatic nitrogens is 3. The van der Waals surface area contributed by atoms with Gasteiger partial charge in [-0.15, -0.1) is 0 Å². The van der Waals surface area contributed by atoms with Gasteiger partial charge < -0.3 is 20.0 Å². The highest BCUT2D eigenvalue weighted by atomic mass is 32.2. The summed E-state index contributed by atoms with van der Waals surface area (Å²) in [6.07, 6.45) is 4.32. The van der Waals surface area contributed by atoms with Crippen molar-refractivity contribution in [3.05, 3.63) is 65.9 Å². The number of benzene rings is 1. The molecule has 0 bridgehead atoms. The molecule has 1 aromatic carbocycles. The standard InChI is InChI=1S/C24H30N6O3S/c31-22-15-20(18-7-2-1-3-8-18)25-11-4-5-13-30(14-6-12-26-22)23(32)21-10-9-19(33-21)16-34-24-27-17-28-29-24/h1-3,7-10,17,20,25H,4-6,11-16H2,(H,26,31)(H,27,28,29). The maximum Gasteiger partial charge on any atom is 0.289 e. The SMILES string of the molecule is O=C1CC(c2ccccc2)NCCCCN(C(=O)c2ccc(CSc3ncn[nH]3)o2)CCCN1. The molecule has 1 atom stereocenters. The predicted molar refractivity (Wildman–Crippen MR) is 129 cm³/mol. The third kappa shape index (κ3) is 6.94. The van der Waals surface area contributed by atoms with E-state index < -0.39 is 0 Å². The van der Waals surface area contributed by atoms with E-state index in [1.54, 1.807) is 6.07 Å². The summed E-state index contributed by atoms with van der Waals surface area (Å²) in [5.74, 6) is 1.50. The van der Waals surface area contributed by atoms with Gasteiger partial charge in [0.05, 0.1) is 5.75 Å². The minimum absolute atomic E-state index is 0.0124. The van der Waals surface area contributed by atoms with Crippen LogP contribution < -0.4 is 10.6 Å². The zero-order valence-electron chi connectivity index (χ0n) is 19.0. The number of aromatic amines is 1. The zero-order valence-corrected chi connectivity index (χ0v) is 19.9. The fourth-order valence-electron chi connectivity index (χ4n) is 3.90. The van der Waals surface area contributed by atoms with Crippen molar-refractivity contribution in [1.29, 1.82) is 0 Å². The van der Waals surface area contributed by atoms with Crippen LogP contribution in [-0.2, 0) is 10.5 Å². The zero-order chi connectivity index (χ0) is 23.6. The molecule has 1 unspecified atom stereocenters. The molecule has 1 aliphatic heterocycles.